The van der Waals surface area contributed by atoms with Crippen molar-refractivity contribution < 1.29 is 8.42 Å². The second kappa shape index (κ2) is 5.38. The zero-order valence-corrected chi connectivity index (χ0v) is 12.7. The van der Waals surface area contributed by atoms with Crippen LogP contribution in [-0.4, -0.2) is 18.4 Å². The quantitative estimate of drug-likeness (QED) is 0.907. The Morgan fingerprint density at radius 1 is 1.20 bits per heavy atom. The van der Waals surface area contributed by atoms with Crippen molar-refractivity contribution in [3.63, 3.8) is 0 Å². The first-order chi connectivity index (χ1) is 9.29. The predicted octanol–water partition coefficient (Wildman–Crippen LogP) is 2.19. The Hall–Kier alpha value is -1.66. The van der Waals surface area contributed by atoms with Gasteiger partial charge >= 0.3 is 0 Å². The van der Waals surface area contributed by atoms with Gasteiger partial charge in [0.15, 0.2) is 0 Å². The minimum atomic E-state index is -3.50. The molecule has 1 aromatic carbocycles. The van der Waals surface area contributed by atoms with Gasteiger partial charge in [0.2, 0.25) is 10.0 Å². The molecule has 0 aliphatic carbocycles. The van der Waals surface area contributed by atoms with Gasteiger partial charge in [0.05, 0.1) is 17.8 Å². The minimum absolute atomic E-state index is 0.00559. The molecule has 1 heterocycles. The molecule has 0 fully saturated rings. The highest BCUT2D eigenvalue weighted by Gasteiger charge is 2.17. The van der Waals surface area contributed by atoms with Crippen LogP contribution in [-0.2, 0) is 22.0 Å². The van der Waals surface area contributed by atoms with E-state index in [2.05, 4.69) is 35.5 Å². The van der Waals surface area contributed by atoms with Crippen molar-refractivity contribution in [1.82, 2.24) is 14.7 Å². The van der Waals surface area contributed by atoms with Crippen LogP contribution in [0.5, 0.6) is 0 Å². The third-order valence-corrected chi connectivity index (χ3v) is 4.46. The molecule has 0 radical (unpaired) electrons. The lowest BCUT2D eigenvalue weighted by atomic mass is 9.87. The van der Waals surface area contributed by atoms with Gasteiger partial charge in [0.1, 0.15) is 0 Å². The maximum absolute atomic E-state index is 12.1. The highest BCUT2D eigenvalue weighted by atomic mass is 32.2. The molecule has 0 atom stereocenters. The number of nitrogens with one attached hydrogen (secondary N) is 2. The normalized spacial score (nSPS) is 12.6. The summed E-state index contributed by atoms with van der Waals surface area (Å²) in [7, 11) is -3.50. The van der Waals surface area contributed by atoms with Crippen LogP contribution in [0.1, 0.15) is 32.0 Å². The molecule has 0 saturated heterocycles. The van der Waals surface area contributed by atoms with E-state index >= 15 is 0 Å². The standard InChI is InChI=1S/C14H19N3O2S/c1-14(2,3)11-4-6-13(7-5-11)20(18,19)17-9-12-8-15-10-16-12/h4-8,10,17H,9H2,1-3H3,(H,15,16). The maximum atomic E-state index is 12.1. The van der Waals surface area contributed by atoms with Gasteiger partial charge in [-0.05, 0) is 23.1 Å². The van der Waals surface area contributed by atoms with Crippen molar-refractivity contribution in [2.75, 3.05) is 0 Å². The molecule has 0 saturated carbocycles. The van der Waals surface area contributed by atoms with E-state index < -0.39 is 10.0 Å². The number of imidazole rings is 1. The SMILES string of the molecule is CC(C)(C)c1ccc(S(=O)(=O)NCc2cnc[nH]2)cc1. The molecule has 2 aromatic rings. The van der Waals surface area contributed by atoms with E-state index in [1.807, 2.05) is 12.1 Å². The molecule has 0 aliphatic heterocycles. The molecule has 6 heteroatoms. The first-order valence-corrected chi connectivity index (χ1v) is 7.85. The summed E-state index contributed by atoms with van der Waals surface area (Å²) in [6.07, 6.45) is 3.10. The Balaban J connectivity index is 2.13. The third-order valence-electron chi connectivity index (χ3n) is 3.04. The van der Waals surface area contributed by atoms with Crippen LogP contribution in [0.15, 0.2) is 41.7 Å². The van der Waals surface area contributed by atoms with E-state index in [9.17, 15) is 8.42 Å². The summed E-state index contributed by atoms with van der Waals surface area (Å²) < 4.78 is 26.8. The zero-order valence-electron chi connectivity index (χ0n) is 11.8. The summed E-state index contributed by atoms with van der Waals surface area (Å²) in [5.41, 5.74) is 1.83. The summed E-state index contributed by atoms with van der Waals surface area (Å²) in [4.78, 5) is 6.96. The minimum Gasteiger partial charge on any atom is -0.347 e. The molecule has 20 heavy (non-hydrogen) atoms. The smallest absolute Gasteiger partial charge is 0.240 e. The van der Waals surface area contributed by atoms with Crippen LogP contribution in [0.2, 0.25) is 0 Å². The molecule has 0 spiro atoms. The highest BCUT2D eigenvalue weighted by Crippen LogP contribution is 2.23. The Morgan fingerprint density at radius 2 is 1.85 bits per heavy atom. The van der Waals surface area contributed by atoms with E-state index in [0.717, 1.165) is 11.3 Å². The second-order valence-electron chi connectivity index (χ2n) is 5.68. The van der Waals surface area contributed by atoms with Gasteiger partial charge < -0.3 is 4.98 Å². The molecule has 2 N–H and O–H groups in total. The summed E-state index contributed by atoms with van der Waals surface area (Å²) in [6, 6.07) is 6.97. The van der Waals surface area contributed by atoms with E-state index in [1.54, 1.807) is 18.3 Å². The number of sulfonamides is 1. The monoisotopic (exact) mass is 293 g/mol. The van der Waals surface area contributed by atoms with E-state index in [4.69, 9.17) is 0 Å². The van der Waals surface area contributed by atoms with Crippen LogP contribution in [0, 0.1) is 0 Å². The molecule has 0 amide bonds. The van der Waals surface area contributed by atoms with Gasteiger partial charge in [0.25, 0.3) is 0 Å². The number of rotatable bonds is 4. The molecule has 1 aromatic heterocycles. The number of H-pyrrole nitrogens is 1. The number of aromatic nitrogens is 2. The average Bonchev–Trinajstić information content (AvgIpc) is 2.89. The number of hydrogen-bond donors (Lipinski definition) is 2. The molecular weight excluding hydrogens is 274 g/mol. The lowest BCUT2D eigenvalue weighted by molar-refractivity contribution is 0.577. The Morgan fingerprint density at radius 3 is 2.35 bits per heavy atom. The number of aromatic amines is 1. The van der Waals surface area contributed by atoms with Crippen molar-refractivity contribution in [3.05, 3.63) is 48.0 Å². The Labute approximate surface area is 119 Å². The summed E-state index contributed by atoms with van der Waals surface area (Å²) in [6.45, 7) is 6.47. The van der Waals surface area contributed by atoms with E-state index in [0.29, 0.717) is 0 Å². The van der Waals surface area contributed by atoms with Crippen LogP contribution in [0.3, 0.4) is 0 Å². The van der Waals surface area contributed by atoms with Gasteiger partial charge in [-0.1, -0.05) is 32.9 Å². The van der Waals surface area contributed by atoms with E-state index in [-0.39, 0.29) is 16.9 Å². The Bertz CT molecular complexity index is 653. The first-order valence-electron chi connectivity index (χ1n) is 6.36. The fourth-order valence-electron chi connectivity index (χ4n) is 1.77. The second-order valence-corrected chi connectivity index (χ2v) is 7.44. The van der Waals surface area contributed by atoms with Gasteiger partial charge in [-0.2, -0.15) is 0 Å². The fraction of sp³-hybridized carbons (Fsp3) is 0.357. The number of hydrogen-bond acceptors (Lipinski definition) is 3. The molecule has 108 valence electrons. The van der Waals surface area contributed by atoms with Crippen molar-refractivity contribution >= 4 is 10.0 Å². The van der Waals surface area contributed by atoms with Crippen molar-refractivity contribution in [2.45, 2.75) is 37.6 Å². The van der Waals surface area contributed by atoms with Crippen LogP contribution in [0.4, 0.5) is 0 Å². The van der Waals surface area contributed by atoms with Crippen molar-refractivity contribution in [2.24, 2.45) is 0 Å². The molecule has 0 aliphatic rings. The zero-order chi connectivity index (χ0) is 14.8. The first kappa shape index (κ1) is 14.7. The molecule has 0 unspecified atom stereocenters. The van der Waals surface area contributed by atoms with Gasteiger partial charge in [-0.15, -0.1) is 0 Å². The molecule has 5 nitrogen and oxygen atoms in total. The lowest BCUT2D eigenvalue weighted by Crippen LogP contribution is -2.23. The molecular formula is C14H19N3O2S. The van der Waals surface area contributed by atoms with Crippen LogP contribution < -0.4 is 4.72 Å². The average molecular weight is 293 g/mol. The molecule has 0 bridgehead atoms. The molecule has 2 rings (SSSR count). The fourth-order valence-corrected chi connectivity index (χ4v) is 2.78. The van der Waals surface area contributed by atoms with E-state index in [1.165, 1.54) is 6.33 Å². The lowest BCUT2D eigenvalue weighted by Gasteiger charge is -2.19. The summed E-state index contributed by atoms with van der Waals surface area (Å²) in [5.74, 6) is 0. The Kier molecular flexibility index (Phi) is 3.96. The van der Waals surface area contributed by atoms with Gasteiger partial charge in [-0.3, -0.25) is 0 Å². The summed E-state index contributed by atoms with van der Waals surface area (Å²) >= 11 is 0. The van der Waals surface area contributed by atoms with Gasteiger partial charge in [-0.25, -0.2) is 18.1 Å². The number of nitrogens with zero attached hydrogens (tertiary/aromatic N) is 1. The third kappa shape index (κ3) is 3.46. The van der Waals surface area contributed by atoms with Crippen LogP contribution >= 0.6 is 0 Å². The van der Waals surface area contributed by atoms with Crippen molar-refractivity contribution in [1.29, 1.82) is 0 Å². The van der Waals surface area contributed by atoms with Gasteiger partial charge in [0, 0.05) is 11.9 Å². The maximum Gasteiger partial charge on any atom is 0.240 e. The topological polar surface area (TPSA) is 74.8 Å². The predicted molar refractivity (Wildman–Crippen MR) is 77.8 cm³/mol. The van der Waals surface area contributed by atoms with Crippen LogP contribution in [0.25, 0.3) is 0 Å². The summed E-state index contributed by atoms with van der Waals surface area (Å²) in [5, 5.41) is 0. The largest absolute Gasteiger partial charge is 0.347 e. The van der Waals surface area contributed by atoms with Crippen molar-refractivity contribution in [3.8, 4) is 0 Å². The number of benzene rings is 1. The highest BCUT2D eigenvalue weighted by molar-refractivity contribution is 7.89.